The largest absolute Gasteiger partial charge is 0.492 e. The molecule has 0 saturated carbocycles. The minimum absolute atomic E-state index is 0.0442. The van der Waals surface area contributed by atoms with Crippen molar-refractivity contribution in [2.45, 2.75) is 43.7 Å². The third kappa shape index (κ3) is 3.63. The van der Waals surface area contributed by atoms with Gasteiger partial charge in [-0.3, -0.25) is 14.5 Å². The van der Waals surface area contributed by atoms with E-state index in [1.165, 1.54) is 5.56 Å². The van der Waals surface area contributed by atoms with Gasteiger partial charge in [-0.25, -0.2) is 0 Å². The third-order valence-electron chi connectivity index (χ3n) is 8.02. The first-order valence-corrected chi connectivity index (χ1v) is 12.4. The van der Waals surface area contributed by atoms with Crippen molar-refractivity contribution in [2.75, 3.05) is 39.4 Å². The smallest absolute Gasteiger partial charge is 0.252 e. The minimum atomic E-state index is -0.286. The van der Waals surface area contributed by atoms with Crippen molar-refractivity contribution >= 4 is 11.8 Å². The average molecular weight is 463 g/mol. The van der Waals surface area contributed by atoms with Gasteiger partial charge in [-0.1, -0.05) is 24.3 Å². The second kappa shape index (κ2) is 8.62. The quantitative estimate of drug-likeness (QED) is 0.740. The fourth-order valence-corrected chi connectivity index (χ4v) is 6.05. The molecule has 7 nitrogen and oxygen atoms in total. The Morgan fingerprint density at radius 2 is 2.03 bits per heavy atom. The summed E-state index contributed by atoms with van der Waals surface area (Å²) < 4.78 is 19.8. The molecule has 4 aliphatic heterocycles. The summed E-state index contributed by atoms with van der Waals surface area (Å²) in [7, 11) is 0. The molecule has 2 aromatic rings. The molecule has 6 rings (SSSR count). The first kappa shape index (κ1) is 20.3. The molecule has 2 amide bonds. The van der Waals surface area contributed by atoms with Crippen molar-refractivity contribution in [3.8, 4) is 11.5 Å². The SMILES string of the molecule is [2H]N1Cc2c(OCCN3CCC[C@@H]3C(=O)N3CCC4(CC3)COc3ccccc34)cccc2C1=O. The van der Waals surface area contributed by atoms with E-state index in [-0.39, 0.29) is 29.8 Å². The summed E-state index contributed by atoms with van der Waals surface area (Å²) in [6.07, 6.45) is 3.78. The molecule has 0 unspecified atom stereocenters. The van der Waals surface area contributed by atoms with E-state index in [1.54, 1.807) is 12.1 Å². The maximum atomic E-state index is 13.5. The van der Waals surface area contributed by atoms with Gasteiger partial charge in [0.05, 0.1) is 12.6 Å². The highest BCUT2D eigenvalue weighted by Gasteiger charge is 2.45. The molecular formula is C27H31N3O4. The number of carbonyl (C=O) groups excluding carboxylic acids is 2. The van der Waals surface area contributed by atoms with Crippen LogP contribution in [-0.2, 0) is 16.8 Å². The predicted molar refractivity (Wildman–Crippen MR) is 127 cm³/mol. The Balaban J connectivity index is 1.05. The molecular weight excluding hydrogens is 430 g/mol. The van der Waals surface area contributed by atoms with Crippen LogP contribution in [0.1, 0.15) is 47.2 Å². The number of rotatable bonds is 5. The number of carbonyl (C=O) groups is 2. The summed E-state index contributed by atoms with van der Waals surface area (Å²) in [5.74, 6) is 1.61. The van der Waals surface area contributed by atoms with E-state index in [4.69, 9.17) is 10.9 Å². The van der Waals surface area contributed by atoms with E-state index >= 15 is 0 Å². The number of hydrogen-bond acceptors (Lipinski definition) is 5. The van der Waals surface area contributed by atoms with Gasteiger partial charge in [0.1, 0.15) is 18.1 Å². The van der Waals surface area contributed by atoms with Crippen molar-refractivity contribution in [2.24, 2.45) is 0 Å². The summed E-state index contributed by atoms with van der Waals surface area (Å²) in [6, 6.07) is 13.6. The van der Waals surface area contributed by atoms with E-state index in [1.807, 2.05) is 18.2 Å². The van der Waals surface area contributed by atoms with Crippen LogP contribution < -0.4 is 14.8 Å². The van der Waals surface area contributed by atoms with Crippen LogP contribution in [0, 0.1) is 0 Å². The first-order valence-electron chi connectivity index (χ1n) is 12.8. The van der Waals surface area contributed by atoms with Crippen molar-refractivity contribution in [1.82, 2.24) is 15.1 Å². The topological polar surface area (TPSA) is 71.1 Å². The Bertz CT molecular complexity index is 1150. The Morgan fingerprint density at radius 3 is 2.91 bits per heavy atom. The van der Waals surface area contributed by atoms with E-state index < -0.39 is 0 Å². The number of ether oxygens (including phenoxy) is 2. The van der Waals surface area contributed by atoms with Gasteiger partial charge >= 0.3 is 0 Å². The molecule has 2 aromatic carbocycles. The number of hydrogen-bond donors (Lipinski definition) is 1. The highest BCUT2D eigenvalue weighted by molar-refractivity contribution is 5.99. The molecule has 7 heteroatoms. The summed E-state index contributed by atoms with van der Waals surface area (Å²) in [6.45, 7) is 4.51. The van der Waals surface area contributed by atoms with Gasteiger partial charge in [0.2, 0.25) is 5.91 Å². The predicted octanol–water partition coefficient (Wildman–Crippen LogP) is 2.73. The number of nitrogens with zero attached hydrogens (tertiary/aromatic N) is 2. The molecule has 1 N–H and O–H groups in total. The van der Waals surface area contributed by atoms with Crippen molar-refractivity contribution in [3.63, 3.8) is 0 Å². The zero-order chi connectivity index (χ0) is 24.0. The standard InChI is InChI=1S/C27H31N3O4/c31-25-19-5-3-9-23(20(19)17-28-25)33-16-15-29-12-4-7-22(29)26(32)30-13-10-27(11-14-30)18-34-24-8-2-1-6-21(24)27/h1-3,5-6,8-9,22H,4,7,10-18H2,(H,28,31)/t22-/m1/s1/i/hD. The Kier molecular flexibility index (Phi) is 5.15. The summed E-state index contributed by atoms with van der Waals surface area (Å²) in [4.78, 5) is 29.8. The summed E-state index contributed by atoms with van der Waals surface area (Å²) >= 11 is 0. The number of para-hydroxylation sites is 1. The molecule has 0 aliphatic carbocycles. The molecule has 4 aliphatic rings. The van der Waals surface area contributed by atoms with Crippen molar-refractivity contribution in [3.05, 3.63) is 59.2 Å². The monoisotopic (exact) mass is 462 g/mol. The van der Waals surface area contributed by atoms with Gasteiger partial charge in [-0.05, 0) is 50.4 Å². The van der Waals surface area contributed by atoms with Crippen LogP contribution >= 0.6 is 0 Å². The van der Waals surface area contributed by atoms with E-state index in [0.717, 1.165) is 61.9 Å². The number of fused-ring (bicyclic) bond motifs is 3. The van der Waals surface area contributed by atoms with Crippen LogP contribution in [-0.4, -0.2) is 67.0 Å². The highest BCUT2D eigenvalue weighted by atomic mass is 16.5. The van der Waals surface area contributed by atoms with Crippen LogP contribution in [0.15, 0.2) is 42.5 Å². The molecule has 0 aromatic heterocycles. The normalized spacial score (nSPS) is 23.6. The molecule has 2 saturated heterocycles. The van der Waals surface area contributed by atoms with E-state index in [9.17, 15) is 9.59 Å². The second-order valence-corrected chi connectivity index (χ2v) is 9.84. The average Bonchev–Trinajstić information content (AvgIpc) is 3.57. The third-order valence-corrected chi connectivity index (χ3v) is 8.02. The van der Waals surface area contributed by atoms with E-state index in [2.05, 4.69) is 21.9 Å². The molecule has 4 heterocycles. The van der Waals surface area contributed by atoms with Crippen LogP contribution in [0.4, 0.5) is 0 Å². The summed E-state index contributed by atoms with van der Waals surface area (Å²) in [5.41, 5.74) is 2.67. The van der Waals surface area contributed by atoms with E-state index in [0.29, 0.717) is 31.1 Å². The first-order chi connectivity index (χ1) is 17.1. The van der Waals surface area contributed by atoms with Gasteiger partial charge in [0, 0.05) is 48.3 Å². The lowest BCUT2D eigenvalue weighted by molar-refractivity contribution is -0.137. The van der Waals surface area contributed by atoms with Crippen LogP contribution in [0.25, 0.3) is 0 Å². The second-order valence-electron chi connectivity index (χ2n) is 9.84. The lowest BCUT2D eigenvalue weighted by Crippen LogP contribution is -2.52. The maximum Gasteiger partial charge on any atom is 0.252 e. The summed E-state index contributed by atoms with van der Waals surface area (Å²) in [5, 5.41) is 0.964. The molecule has 1 atom stereocenters. The maximum absolute atomic E-state index is 13.5. The Labute approximate surface area is 201 Å². The molecule has 178 valence electrons. The number of amides is 2. The van der Waals surface area contributed by atoms with Crippen LogP contribution in [0.5, 0.6) is 11.5 Å². The lowest BCUT2D eigenvalue weighted by Gasteiger charge is -2.40. The van der Waals surface area contributed by atoms with Crippen molar-refractivity contribution in [1.29, 1.82) is 0 Å². The molecule has 0 bridgehead atoms. The fraction of sp³-hybridized carbons (Fsp3) is 0.481. The lowest BCUT2D eigenvalue weighted by atomic mass is 9.74. The minimum Gasteiger partial charge on any atom is -0.492 e. The Hall–Kier alpha value is -3.06. The van der Waals surface area contributed by atoms with Gasteiger partial charge in [0.25, 0.3) is 5.91 Å². The number of nitrogens with one attached hydrogen (secondary N) is 1. The van der Waals surface area contributed by atoms with Gasteiger partial charge in [-0.15, -0.1) is 0 Å². The van der Waals surface area contributed by atoms with Crippen molar-refractivity contribution < 1.29 is 20.5 Å². The number of benzene rings is 2. The fourth-order valence-electron chi connectivity index (χ4n) is 6.05. The van der Waals surface area contributed by atoms with Crippen LogP contribution in [0.2, 0.25) is 1.41 Å². The zero-order valence-electron chi connectivity index (χ0n) is 20.4. The number of likely N-dealkylation sites (tertiary alicyclic amines) is 2. The molecule has 0 radical (unpaired) electrons. The molecule has 1 spiro atoms. The number of piperidine rings is 1. The highest BCUT2D eigenvalue weighted by Crippen LogP contribution is 2.45. The van der Waals surface area contributed by atoms with Gasteiger partial charge in [-0.2, -0.15) is 0 Å². The Morgan fingerprint density at radius 1 is 1.18 bits per heavy atom. The molecule has 34 heavy (non-hydrogen) atoms. The van der Waals surface area contributed by atoms with Gasteiger partial charge < -0.3 is 19.7 Å². The van der Waals surface area contributed by atoms with Gasteiger partial charge in [0.15, 0.2) is 1.41 Å². The van der Waals surface area contributed by atoms with Crippen LogP contribution in [0.3, 0.4) is 0 Å². The zero-order valence-corrected chi connectivity index (χ0v) is 19.4. The molecule has 2 fully saturated rings.